The smallest absolute Gasteiger partial charge is 0.306 e. The van der Waals surface area contributed by atoms with Gasteiger partial charge in [0, 0.05) is 5.39 Å². The SMILES string of the molecule is O=C(O)CC(O)c1ccccc1-c1cccc2[nH]ncc12. The van der Waals surface area contributed by atoms with E-state index in [1.807, 2.05) is 30.3 Å². The van der Waals surface area contributed by atoms with Crippen LogP contribution in [0.1, 0.15) is 18.1 Å². The highest BCUT2D eigenvalue weighted by atomic mass is 16.4. The van der Waals surface area contributed by atoms with Gasteiger partial charge in [-0.2, -0.15) is 5.10 Å². The topological polar surface area (TPSA) is 86.2 Å². The number of rotatable bonds is 4. The van der Waals surface area contributed by atoms with Crippen LogP contribution in [0.5, 0.6) is 0 Å². The van der Waals surface area contributed by atoms with Crippen molar-refractivity contribution in [2.45, 2.75) is 12.5 Å². The normalized spacial score (nSPS) is 12.4. The van der Waals surface area contributed by atoms with Crippen molar-refractivity contribution in [2.24, 2.45) is 0 Å². The third kappa shape index (κ3) is 2.51. The number of nitrogens with zero attached hydrogens (tertiary/aromatic N) is 1. The summed E-state index contributed by atoms with van der Waals surface area (Å²) < 4.78 is 0. The Hall–Kier alpha value is -2.66. The van der Waals surface area contributed by atoms with Crippen molar-refractivity contribution in [1.82, 2.24) is 10.2 Å². The lowest BCUT2D eigenvalue weighted by molar-refractivity contribution is -0.139. The van der Waals surface area contributed by atoms with Gasteiger partial charge in [0.25, 0.3) is 0 Å². The van der Waals surface area contributed by atoms with Gasteiger partial charge < -0.3 is 10.2 Å². The Bertz CT molecular complexity index is 795. The van der Waals surface area contributed by atoms with Crippen LogP contribution in [0.3, 0.4) is 0 Å². The average molecular weight is 282 g/mol. The van der Waals surface area contributed by atoms with E-state index in [1.54, 1.807) is 18.3 Å². The van der Waals surface area contributed by atoms with E-state index in [1.165, 1.54) is 0 Å². The number of H-pyrrole nitrogens is 1. The summed E-state index contributed by atoms with van der Waals surface area (Å²) in [6, 6.07) is 13.0. The number of nitrogens with one attached hydrogen (secondary N) is 1. The number of hydrogen-bond acceptors (Lipinski definition) is 3. The van der Waals surface area contributed by atoms with Crippen molar-refractivity contribution < 1.29 is 15.0 Å². The molecule has 5 nitrogen and oxygen atoms in total. The summed E-state index contributed by atoms with van der Waals surface area (Å²) in [5.41, 5.74) is 3.24. The molecular formula is C16H14N2O3. The zero-order chi connectivity index (χ0) is 14.8. The Labute approximate surface area is 120 Å². The highest BCUT2D eigenvalue weighted by Gasteiger charge is 2.17. The number of hydrogen-bond donors (Lipinski definition) is 3. The summed E-state index contributed by atoms with van der Waals surface area (Å²) in [5, 5.41) is 26.9. The number of aromatic nitrogens is 2. The van der Waals surface area contributed by atoms with Crippen molar-refractivity contribution in [3.63, 3.8) is 0 Å². The molecule has 1 heterocycles. The number of carbonyl (C=O) groups is 1. The van der Waals surface area contributed by atoms with Crippen LogP contribution in [0, 0.1) is 0 Å². The molecule has 0 saturated heterocycles. The number of carboxylic acids is 1. The van der Waals surface area contributed by atoms with Crippen molar-refractivity contribution in [3.05, 3.63) is 54.2 Å². The number of benzene rings is 2. The van der Waals surface area contributed by atoms with Crippen LogP contribution < -0.4 is 0 Å². The van der Waals surface area contributed by atoms with E-state index < -0.39 is 12.1 Å². The van der Waals surface area contributed by atoms with Crippen LogP contribution in [-0.2, 0) is 4.79 Å². The predicted octanol–water partition coefficient (Wildman–Crippen LogP) is 2.74. The fourth-order valence-corrected chi connectivity index (χ4v) is 2.51. The summed E-state index contributed by atoms with van der Waals surface area (Å²) in [6.45, 7) is 0. The molecule has 106 valence electrons. The molecule has 0 bridgehead atoms. The monoisotopic (exact) mass is 282 g/mol. The summed E-state index contributed by atoms with van der Waals surface area (Å²) in [7, 11) is 0. The minimum Gasteiger partial charge on any atom is -0.481 e. The van der Waals surface area contributed by atoms with Crippen molar-refractivity contribution in [3.8, 4) is 11.1 Å². The molecule has 2 aromatic carbocycles. The standard InChI is InChI=1S/C16H14N2O3/c19-15(8-16(20)21)12-5-2-1-4-10(12)11-6-3-7-14-13(11)9-17-18-14/h1-7,9,15,19H,8H2,(H,17,18)(H,20,21). The summed E-state index contributed by atoms with van der Waals surface area (Å²) in [6.07, 6.45) is 0.365. The van der Waals surface area contributed by atoms with E-state index >= 15 is 0 Å². The maximum Gasteiger partial charge on any atom is 0.306 e. The molecule has 1 aromatic heterocycles. The third-order valence-corrected chi connectivity index (χ3v) is 3.46. The highest BCUT2D eigenvalue weighted by molar-refractivity contribution is 5.95. The number of aliphatic hydroxyl groups is 1. The van der Waals surface area contributed by atoms with Gasteiger partial charge in [0.1, 0.15) is 0 Å². The molecule has 1 unspecified atom stereocenters. The Balaban J connectivity index is 2.15. The first-order valence-electron chi connectivity index (χ1n) is 6.58. The fraction of sp³-hybridized carbons (Fsp3) is 0.125. The van der Waals surface area contributed by atoms with E-state index in [0.717, 1.165) is 22.0 Å². The number of aliphatic carboxylic acids is 1. The molecule has 3 aromatic rings. The Morgan fingerprint density at radius 1 is 1.14 bits per heavy atom. The van der Waals surface area contributed by atoms with E-state index in [9.17, 15) is 9.90 Å². The summed E-state index contributed by atoms with van der Waals surface area (Å²) in [5.74, 6) is -1.03. The van der Waals surface area contributed by atoms with Gasteiger partial charge >= 0.3 is 5.97 Å². The lowest BCUT2D eigenvalue weighted by atomic mass is 9.93. The molecule has 0 aliphatic heterocycles. The van der Waals surface area contributed by atoms with Crippen molar-refractivity contribution in [2.75, 3.05) is 0 Å². The van der Waals surface area contributed by atoms with E-state index in [4.69, 9.17) is 5.11 Å². The molecule has 0 aliphatic rings. The van der Waals surface area contributed by atoms with Crippen molar-refractivity contribution in [1.29, 1.82) is 0 Å². The van der Waals surface area contributed by atoms with Gasteiger partial charge in [-0.25, -0.2) is 0 Å². The van der Waals surface area contributed by atoms with Gasteiger partial charge in [-0.15, -0.1) is 0 Å². The van der Waals surface area contributed by atoms with E-state index in [2.05, 4.69) is 10.2 Å². The summed E-state index contributed by atoms with van der Waals surface area (Å²) in [4.78, 5) is 10.8. The van der Waals surface area contributed by atoms with Crippen LogP contribution in [0.4, 0.5) is 0 Å². The Morgan fingerprint density at radius 3 is 2.71 bits per heavy atom. The number of carboxylic acid groups (broad SMARTS) is 1. The fourth-order valence-electron chi connectivity index (χ4n) is 2.51. The summed E-state index contributed by atoms with van der Waals surface area (Å²) >= 11 is 0. The van der Waals surface area contributed by atoms with E-state index in [-0.39, 0.29) is 6.42 Å². The first-order valence-corrected chi connectivity index (χ1v) is 6.58. The van der Waals surface area contributed by atoms with Gasteiger partial charge in [-0.1, -0.05) is 36.4 Å². The lowest BCUT2D eigenvalue weighted by Crippen LogP contribution is -2.06. The molecule has 3 rings (SSSR count). The van der Waals surface area contributed by atoms with Gasteiger partial charge in [-0.05, 0) is 22.8 Å². The van der Waals surface area contributed by atoms with Crippen LogP contribution in [0.2, 0.25) is 0 Å². The van der Waals surface area contributed by atoms with Gasteiger partial charge in [0.05, 0.1) is 24.2 Å². The number of fused-ring (bicyclic) bond motifs is 1. The molecule has 21 heavy (non-hydrogen) atoms. The Kier molecular flexibility index (Phi) is 3.41. The minimum absolute atomic E-state index is 0.321. The quantitative estimate of drug-likeness (QED) is 0.686. The predicted molar refractivity (Wildman–Crippen MR) is 78.7 cm³/mol. The molecule has 3 N–H and O–H groups in total. The maximum absolute atomic E-state index is 10.8. The molecule has 0 radical (unpaired) electrons. The van der Waals surface area contributed by atoms with Gasteiger partial charge in [0.15, 0.2) is 0 Å². The van der Waals surface area contributed by atoms with Crippen LogP contribution in [0.25, 0.3) is 22.0 Å². The highest BCUT2D eigenvalue weighted by Crippen LogP contribution is 2.33. The molecule has 0 saturated carbocycles. The van der Waals surface area contributed by atoms with Crippen LogP contribution in [0.15, 0.2) is 48.7 Å². The number of aromatic amines is 1. The molecule has 0 aliphatic carbocycles. The molecular weight excluding hydrogens is 268 g/mol. The lowest BCUT2D eigenvalue weighted by Gasteiger charge is -2.14. The molecule has 0 spiro atoms. The second kappa shape index (κ2) is 5.38. The van der Waals surface area contributed by atoms with Gasteiger partial charge in [-0.3, -0.25) is 9.89 Å². The zero-order valence-electron chi connectivity index (χ0n) is 11.2. The zero-order valence-corrected chi connectivity index (χ0v) is 11.2. The molecule has 5 heteroatoms. The van der Waals surface area contributed by atoms with E-state index in [0.29, 0.717) is 5.56 Å². The first-order chi connectivity index (χ1) is 10.2. The average Bonchev–Trinajstić information content (AvgIpc) is 2.95. The molecule has 0 amide bonds. The minimum atomic E-state index is -1.04. The largest absolute Gasteiger partial charge is 0.481 e. The van der Waals surface area contributed by atoms with Crippen LogP contribution in [-0.4, -0.2) is 26.4 Å². The first kappa shape index (κ1) is 13.3. The second-order valence-corrected chi connectivity index (χ2v) is 4.84. The van der Waals surface area contributed by atoms with Crippen molar-refractivity contribution >= 4 is 16.9 Å². The third-order valence-electron chi connectivity index (χ3n) is 3.46. The van der Waals surface area contributed by atoms with Gasteiger partial charge in [0.2, 0.25) is 0 Å². The second-order valence-electron chi connectivity index (χ2n) is 4.84. The number of aliphatic hydroxyl groups excluding tert-OH is 1. The Morgan fingerprint density at radius 2 is 1.90 bits per heavy atom. The molecule has 0 fully saturated rings. The molecule has 1 atom stereocenters. The maximum atomic E-state index is 10.8. The van der Waals surface area contributed by atoms with Crippen LogP contribution >= 0.6 is 0 Å².